The molecule has 0 atom stereocenters. The number of aromatic nitrogens is 2. The third-order valence-electron chi connectivity index (χ3n) is 5.65. The molecule has 2 aromatic carbocycles. The monoisotopic (exact) mass is 578 g/mol. The highest BCUT2D eigenvalue weighted by molar-refractivity contribution is 8.26. The molecule has 5 rings (SSSR count). The summed E-state index contributed by atoms with van der Waals surface area (Å²) in [5, 5.41) is 5.26. The Morgan fingerprint density at radius 2 is 1.97 bits per heavy atom. The number of thiocarbonyl (C=S) groups is 1. The summed E-state index contributed by atoms with van der Waals surface area (Å²) in [6, 6.07) is 18.8. The molecule has 0 radical (unpaired) electrons. The van der Waals surface area contributed by atoms with Gasteiger partial charge < -0.3 is 5.32 Å². The summed E-state index contributed by atoms with van der Waals surface area (Å²) in [5.41, 5.74) is 3.08. The van der Waals surface area contributed by atoms with Gasteiger partial charge in [0.1, 0.15) is 4.32 Å². The number of aryl methyl sites for hydroxylation is 1. The van der Waals surface area contributed by atoms with Crippen molar-refractivity contribution in [2.24, 2.45) is 0 Å². The van der Waals surface area contributed by atoms with Crippen molar-refractivity contribution in [2.75, 3.05) is 17.6 Å². The fraction of sp³-hybridized carbons (Fsp3) is 0.148. The standard InChI is InChI=1S/C27H22N4O3S4/c1-17-6-4-7-18(14-17)28-23(32)16-37-26-29-20-9-2-3-10-21(20)31(26)24(33)11-12-30-25(34)22(38-27(30)35)15-19-8-5-13-36-19/h2-10,13-15H,11-12,16H2,1H3,(H,28,32)/b22-15+. The predicted molar refractivity (Wildman–Crippen MR) is 160 cm³/mol. The van der Waals surface area contributed by atoms with Gasteiger partial charge in [-0.25, -0.2) is 4.98 Å². The van der Waals surface area contributed by atoms with Gasteiger partial charge in [0.15, 0.2) is 5.16 Å². The van der Waals surface area contributed by atoms with Crippen LogP contribution in [0.15, 0.2) is 76.1 Å². The number of hydrogen-bond acceptors (Lipinski definition) is 8. The smallest absolute Gasteiger partial charge is 0.266 e. The van der Waals surface area contributed by atoms with Gasteiger partial charge in [0.25, 0.3) is 5.91 Å². The molecule has 1 fully saturated rings. The van der Waals surface area contributed by atoms with Crippen LogP contribution in [0.4, 0.5) is 5.69 Å². The van der Waals surface area contributed by atoms with E-state index >= 15 is 0 Å². The lowest BCUT2D eigenvalue weighted by Gasteiger charge is -2.14. The molecule has 1 saturated heterocycles. The average Bonchev–Trinajstić information content (AvgIpc) is 3.60. The number of thiophene rings is 1. The normalized spacial score (nSPS) is 14.6. The molecule has 0 unspecified atom stereocenters. The first kappa shape index (κ1) is 26.4. The number of thioether (sulfide) groups is 2. The zero-order valence-corrected chi connectivity index (χ0v) is 23.5. The Kier molecular flexibility index (Phi) is 8.08. The lowest BCUT2D eigenvalue weighted by atomic mass is 10.2. The Morgan fingerprint density at radius 3 is 2.76 bits per heavy atom. The van der Waals surface area contributed by atoms with E-state index in [1.54, 1.807) is 11.3 Å². The van der Waals surface area contributed by atoms with E-state index in [-0.39, 0.29) is 36.4 Å². The van der Waals surface area contributed by atoms with Crippen molar-refractivity contribution in [1.82, 2.24) is 14.5 Å². The molecule has 7 nitrogen and oxygen atoms in total. The van der Waals surface area contributed by atoms with Gasteiger partial charge >= 0.3 is 0 Å². The lowest BCUT2D eigenvalue weighted by molar-refractivity contribution is -0.122. The molecule has 0 saturated carbocycles. The third-order valence-corrected chi connectivity index (χ3v) is 8.79. The van der Waals surface area contributed by atoms with Crippen molar-refractivity contribution < 1.29 is 14.4 Å². The molecule has 192 valence electrons. The molecule has 38 heavy (non-hydrogen) atoms. The molecule has 1 N–H and O–H groups in total. The molecule has 0 aliphatic carbocycles. The molecule has 4 aromatic rings. The van der Waals surface area contributed by atoms with Gasteiger partial charge in [-0.2, -0.15) is 0 Å². The second-order valence-corrected chi connectivity index (χ2v) is 12.0. The van der Waals surface area contributed by atoms with Crippen LogP contribution in [-0.4, -0.2) is 48.8 Å². The molecule has 0 spiro atoms. The fourth-order valence-electron chi connectivity index (χ4n) is 3.91. The van der Waals surface area contributed by atoms with E-state index in [9.17, 15) is 14.4 Å². The van der Waals surface area contributed by atoms with Crippen molar-refractivity contribution >= 4 is 91.9 Å². The fourth-order valence-corrected chi connectivity index (χ4v) is 6.76. The van der Waals surface area contributed by atoms with E-state index in [1.807, 2.05) is 79.0 Å². The number of carbonyl (C=O) groups is 3. The van der Waals surface area contributed by atoms with Crippen LogP contribution in [0.3, 0.4) is 0 Å². The summed E-state index contributed by atoms with van der Waals surface area (Å²) in [4.78, 5) is 46.6. The number of amides is 2. The minimum atomic E-state index is -0.225. The van der Waals surface area contributed by atoms with Crippen LogP contribution in [0, 0.1) is 6.92 Å². The maximum Gasteiger partial charge on any atom is 0.266 e. The summed E-state index contributed by atoms with van der Waals surface area (Å²) in [7, 11) is 0. The third kappa shape index (κ3) is 5.91. The summed E-state index contributed by atoms with van der Waals surface area (Å²) in [6.07, 6.45) is 1.88. The maximum absolute atomic E-state index is 13.4. The van der Waals surface area contributed by atoms with Gasteiger partial charge in [0.2, 0.25) is 11.8 Å². The molecule has 1 aliphatic rings. The first-order chi connectivity index (χ1) is 18.4. The summed E-state index contributed by atoms with van der Waals surface area (Å²) >= 11 is 9.41. The van der Waals surface area contributed by atoms with Gasteiger partial charge in [-0.3, -0.25) is 23.9 Å². The Hall–Kier alpha value is -3.25. The Balaban J connectivity index is 1.28. The zero-order chi connectivity index (χ0) is 26.6. The minimum Gasteiger partial charge on any atom is -0.325 e. The van der Waals surface area contributed by atoms with Crippen LogP contribution < -0.4 is 5.32 Å². The Morgan fingerprint density at radius 1 is 1.13 bits per heavy atom. The number of para-hydroxylation sites is 2. The van der Waals surface area contributed by atoms with E-state index < -0.39 is 0 Å². The Bertz CT molecular complexity index is 1580. The number of benzene rings is 2. The second-order valence-electron chi connectivity index (χ2n) is 8.42. The predicted octanol–water partition coefficient (Wildman–Crippen LogP) is 6.07. The molecule has 2 aromatic heterocycles. The van der Waals surface area contributed by atoms with Crippen molar-refractivity contribution in [3.63, 3.8) is 0 Å². The number of nitrogens with one attached hydrogen (secondary N) is 1. The number of carbonyl (C=O) groups excluding carboxylic acids is 3. The number of fused-ring (bicyclic) bond motifs is 1. The van der Waals surface area contributed by atoms with Crippen molar-refractivity contribution in [2.45, 2.75) is 18.5 Å². The molecular formula is C27H22N4O3S4. The largest absolute Gasteiger partial charge is 0.325 e. The maximum atomic E-state index is 13.4. The Labute approximate surface area is 237 Å². The van der Waals surface area contributed by atoms with Crippen LogP contribution in [0.2, 0.25) is 0 Å². The van der Waals surface area contributed by atoms with Crippen LogP contribution in [0.5, 0.6) is 0 Å². The first-order valence-electron chi connectivity index (χ1n) is 11.7. The lowest BCUT2D eigenvalue weighted by Crippen LogP contribution is -2.31. The number of anilines is 1. The number of hydrogen-bond donors (Lipinski definition) is 1. The van der Waals surface area contributed by atoms with E-state index in [4.69, 9.17) is 12.2 Å². The van der Waals surface area contributed by atoms with E-state index in [0.717, 1.165) is 16.1 Å². The van der Waals surface area contributed by atoms with Gasteiger partial charge in [-0.1, -0.05) is 66.1 Å². The summed E-state index contributed by atoms with van der Waals surface area (Å²) in [6.45, 7) is 2.12. The van der Waals surface area contributed by atoms with Gasteiger partial charge in [-0.05, 0) is 54.3 Å². The number of nitrogens with zero attached hydrogens (tertiary/aromatic N) is 3. The number of imidazole rings is 1. The van der Waals surface area contributed by atoms with E-state index in [0.29, 0.717) is 25.4 Å². The van der Waals surface area contributed by atoms with Crippen LogP contribution >= 0.6 is 47.1 Å². The quantitative estimate of drug-likeness (QED) is 0.154. The SMILES string of the molecule is Cc1cccc(NC(=O)CSc2nc3ccccc3n2C(=O)CCN2C(=O)/C(=C\c3cccs3)SC2=S)c1. The van der Waals surface area contributed by atoms with Crippen molar-refractivity contribution in [3.05, 3.63) is 81.4 Å². The van der Waals surface area contributed by atoms with Crippen molar-refractivity contribution in [3.8, 4) is 0 Å². The van der Waals surface area contributed by atoms with Crippen LogP contribution in [0.25, 0.3) is 17.1 Å². The first-order valence-corrected chi connectivity index (χ1v) is 14.8. The van der Waals surface area contributed by atoms with Gasteiger partial charge in [0.05, 0.1) is 21.7 Å². The summed E-state index contributed by atoms with van der Waals surface area (Å²) in [5.74, 6) is -0.523. The highest BCUT2D eigenvalue weighted by atomic mass is 32.2. The number of rotatable bonds is 8. The highest BCUT2D eigenvalue weighted by Crippen LogP contribution is 2.33. The topological polar surface area (TPSA) is 84.3 Å². The van der Waals surface area contributed by atoms with E-state index in [2.05, 4.69) is 10.3 Å². The van der Waals surface area contributed by atoms with Gasteiger partial charge in [-0.15, -0.1) is 11.3 Å². The average molecular weight is 579 g/mol. The molecule has 2 amide bonds. The zero-order valence-electron chi connectivity index (χ0n) is 20.2. The van der Waals surface area contributed by atoms with Crippen LogP contribution in [-0.2, 0) is 9.59 Å². The molecular weight excluding hydrogens is 557 g/mol. The molecule has 0 bridgehead atoms. The van der Waals surface area contributed by atoms with Gasteiger partial charge in [0, 0.05) is 23.5 Å². The van der Waals surface area contributed by atoms with Crippen molar-refractivity contribution in [1.29, 1.82) is 0 Å². The van der Waals surface area contributed by atoms with E-state index in [1.165, 1.54) is 33.0 Å². The van der Waals surface area contributed by atoms with Crippen LogP contribution in [0.1, 0.15) is 21.7 Å². The molecule has 11 heteroatoms. The summed E-state index contributed by atoms with van der Waals surface area (Å²) < 4.78 is 1.96. The molecule has 1 aliphatic heterocycles. The minimum absolute atomic E-state index is 0.0577. The molecule has 3 heterocycles. The highest BCUT2D eigenvalue weighted by Gasteiger charge is 2.32. The second kappa shape index (κ2) is 11.6.